The molecule has 0 aromatic rings. The quantitative estimate of drug-likeness (QED) is 0.570. The topological polar surface area (TPSA) is 83.6 Å². The predicted octanol–water partition coefficient (Wildman–Crippen LogP) is -1.16. The van der Waals surface area contributed by atoms with Crippen molar-refractivity contribution >= 4 is 11.8 Å². The van der Waals surface area contributed by atoms with Gasteiger partial charge in [0.05, 0.1) is 0 Å². The van der Waals surface area contributed by atoms with Gasteiger partial charge >= 0.3 is 0 Å². The van der Waals surface area contributed by atoms with Crippen molar-refractivity contribution in [3.05, 3.63) is 0 Å². The summed E-state index contributed by atoms with van der Waals surface area (Å²) in [6, 6.07) is -0.526. The number of primary amides is 1. The fourth-order valence-corrected chi connectivity index (χ4v) is 1.57. The lowest BCUT2D eigenvalue weighted by atomic mass is 10.2. The molecule has 1 aliphatic heterocycles. The number of aliphatic hydroxyl groups is 1. The Morgan fingerprint density at radius 1 is 1.62 bits per heavy atom. The zero-order valence-electron chi connectivity index (χ0n) is 7.56. The van der Waals surface area contributed by atoms with Crippen molar-refractivity contribution in [1.29, 1.82) is 0 Å². The zero-order valence-corrected chi connectivity index (χ0v) is 7.56. The van der Waals surface area contributed by atoms with E-state index in [2.05, 4.69) is 0 Å². The lowest BCUT2D eigenvalue weighted by Crippen LogP contribution is -2.47. The van der Waals surface area contributed by atoms with E-state index in [1.165, 1.54) is 11.8 Å². The van der Waals surface area contributed by atoms with Crippen molar-refractivity contribution in [3.63, 3.8) is 0 Å². The number of nitrogens with two attached hydrogens (primary N) is 1. The minimum atomic E-state index is -1.06. The Morgan fingerprint density at radius 3 is 2.69 bits per heavy atom. The maximum atomic E-state index is 11.3. The lowest BCUT2D eigenvalue weighted by Gasteiger charge is -2.23. The van der Waals surface area contributed by atoms with Crippen LogP contribution in [-0.2, 0) is 9.59 Å². The highest BCUT2D eigenvalue weighted by molar-refractivity contribution is 5.88. The summed E-state index contributed by atoms with van der Waals surface area (Å²) in [5.74, 6) is -0.909. The van der Waals surface area contributed by atoms with Crippen molar-refractivity contribution in [1.82, 2.24) is 4.90 Å². The molecule has 13 heavy (non-hydrogen) atoms. The molecule has 0 radical (unpaired) electrons. The van der Waals surface area contributed by atoms with Crippen LogP contribution in [0.5, 0.6) is 0 Å². The summed E-state index contributed by atoms with van der Waals surface area (Å²) in [7, 11) is 0. The highest BCUT2D eigenvalue weighted by atomic mass is 16.3. The van der Waals surface area contributed by atoms with Crippen LogP contribution in [0.15, 0.2) is 0 Å². The van der Waals surface area contributed by atoms with E-state index in [0.717, 1.165) is 6.42 Å². The van der Waals surface area contributed by atoms with Crippen LogP contribution in [0.4, 0.5) is 0 Å². The number of amides is 2. The van der Waals surface area contributed by atoms with Gasteiger partial charge in [-0.15, -0.1) is 0 Å². The molecule has 1 rings (SSSR count). The van der Waals surface area contributed by atoms with E-state index in [4.69, 9.17) is 10.8 Å². The van der Waals surface area contributed by atoms with E-state index in [1.807, 2.05) is 0 Å². The third-order valence-electron chi connectivity index (χ3n) is 2.22. The van der Waals surface area contributed by atoms with Gasteiger partial charge in [-0.05, 0) is 19.8 Å². The van der Waals surface area contributed by atoms with Gasteiger partial charge in [0, 0.05) is 6.54 Å². The first-order chi connectivity index (χ1) is 6.04. The highest BCUT2D eigenvalue weighted by Crippen LogP contribution is 2.17. The van der Waals surface area contributed by atoms with Gasteiger partial charge in [-0.1, -0.05) is 0 Å². The maximum Gasteiger partial charge on any atom is 0.251 e. The summed E-state index contributed by atoms with van der Waals surface area (Å²) in [4.78, 5) is 23.6. The smallest absolute Gasteiger partial charge is 0.251 e. The number of nitrogens with zero attached hydrogens (tertiary/aromatic N) is 1. The molecule has 1 heterocycles. The molecular formula is C8H14N2O3. The monoisotopic (exact) mass is 186 g/mol. The van der Waals surface area contributed by atoms with E-state index in [0.29, 0.717) is 13.0 Å². The summed E-state index contributed by atoms with van der Waals surface area (Å²) < 4.78 is 0. The van der Waals surface area contributed by atoms with E-state index in [9.17, 15) is 9.59 Å². The molecule has 1 fully saturated rings. The predicted molar refractivity (Wildman–Crippen MR) is 45.6 cm³/mol. The molecule has 0 unspecified atom stereocenters. The van der Waals surface area contributed by atoms with Crippen molar-refractivity contribution < 1.29 is 14.7 Å². The lowest BCUT2D eigenvalue weighted by molar-refractivity contribution is -0.143. The molecule has 0 bridgehead atoms. The van der Waals surface area contributed by atoms with Crippen molar-refractivity contribution in [2.45, 2.75) is 31.9 Å². The third kappa shape index (κ3) is 1.98. The van der Waals surface area contributed by atoms with Crippen molar-refractivity contribution in [2.75, 3.05) is 6.54 Å². The third-order valence-corrected chi connectivity index (χ3v) is 2.22. The number of hydrogen-bond donors (Lipinski definition) is 2. The fraction of sp³-hybridized carbons (Fsp3) is 0.750. The minimum absolute atomic E-state index is 0.415. The molecule has 1 saturated heterocycles. The van der Waals surface area contributed by atoms with Crippen LogP contribution in [0, 0.1) is 0 Å². The second-order valence-electron chi connectivity index (χ2n) is 3.27. The first-order valence-electron chi connectivity index (χ1n) is 4.32. The highest BCUT2D eigenvalue weighted by Gasteiger charge is 2.33. The van der Waals surface area contributed by atoms with Gasteiger partial charge in [0.25, 0.3) is 5.91 Å². The van der Waals surface area contributed by atoms with Crippen LogP contribution in [0.25, 0.3) is 0 Å². The second kappa shape index (κ2) is 3.74. The minimum Gasteiger partial charge on any atom is -0.384 e. The first-order valence-corrected chi connectivity index (χ1v) is 4.32. The van der Waals surface area contributed by atoms with Gasteiger partial charge in [-0.25, -0.2) is 0 Å². The Hall–Kier alpha value is -1.10. The molecule has 0 aliphatic carbocycles. The van der Waals surface area contributed by atoms with Gasteiger partial charge in [-0.2, -0.15) is 0 Å². The normalized spacial score (nSPS) is 24.5. The Labute approximate surface area is 76.5 Å². The zero-order chi connectivity index (χ0) is 10.0. The second-order valence-corrected chi connectivity index (χ2v) is 3.27. The number of likely N-dealkylation sites (tertiary alicyclic amines) is 1. The van der Waals surface area contributed by atoms with Gasteiger partial charge < -0.3 is 15.7 Å². The molecule has 0 aromatic carbocycles. The van der Waals surface area contributed by atoms with Gasteiger partial charge in [0.1, 0.15) is 12.1 Å². The standard InChI is InChI=1S/C8H14N2O3/c1-5(11)8(13)10-4-2-3-6(10)7(9)12/h5-6,11H,2-4H2,1H3,(H2,9,12)/t5-,6-/m0/s1. The average molecular weight is 186 g/mol. The summed E-state index contributed by atoms with van der Waals surface area (Å²) >= 11 is 0. The number of rotatable bonds is 2. The Balaban J connectivity index is 2.68. The number of carbonyl (C=O) groups excluding carboxylic acids is 2. The van der Waals surface area contributed by atoms with Crippen molar-refractivity contribution in [2.24, 2.45) is 5.73 Å². The van der Waals surface area contributed by atoms with Crippen LogP contribution in [-0.4, -0.2) is 40.5 Å². The number of hydrogen-bond acceptors (Lipinski definition) is 3. The Morgan fingerprint density at radius 2 is 2.23 bits per heavy atom. The Bertz CT molecular complexity index is 227. The molecule has 5 nitrogen and oxygen atoms in total. The Kier molecular flexibility index (Phi) is 2.87. The van der Waals surface area contributed by atoms with Crippen LogP contribution in [0.2, 0.25) is 0 Å². The fourth-order valence-electron chi connectivity index (χ4n) is 1.57. The molecule has 2 amide bonds. The van der Waals surface area contributed by atoms with E-state index >= 15 is 0 Å². The number of carbonyl (C=O) groups is 2. The molecular weight excluding hydrogens is 172 g/mol. The van der Waals surface area contributed by atoms with E-state index in [-0.39, 0.29) is 0 Å². The van der Waals surface area contributed by atoms with Gasteiger partial charge in [0.15, 0.2) is 0 Å². The summed E-state index contributed by atoms with van der Waals surface area (Å²) in [6.45, 7) is 1.90. The summed E-state index contributed by atoms with van der Waals surface area (Å²) in [5.41, 5.74) is 5.11. The van der Waals surface area contributed by atoms with Gasteiger partial charge in [0.2, 0.25) is 5.91 Å². The van der Waals surface area contributed by atoms with Crippen LogP contribution >= 0.6 is 0 Å². The average Bonchev–Trinajstić information content (AvgIpc) is 2.50. The molecule has 0 saturated carbocycles. The van der Waals surface area contributed by atoms with Crippen LogP contribution in [0.1, 0.15) is 19.8 Å². The maximum absolute atomic E-state index is 11.3. The van der Waals surface area contributed by atoms with Gasteiger partial charge in [-0.3, -0.25) is 9.59 Å². The van der Waals surface area contributed by atoms with Crippen LogP contribution < -0.4 is 5.73 Å². The molecule has 0 spiro atoms. The molecule has 2 atom stereocenters. The largest absolute Gasteiger partial charge is 0.384 e. The van der Waals surface area contributed by atoms with Crippen molar-refractivity contribution in [3.8, 4) is 0 Å². The molecule has 1 aliphatic rings. The molecule has 74 valence electrons. The molecule has 3 N–H and O–H groups in total. The summed E-state index contributed by atoms with van der Waals surface area (Å²) in [6.07, 6.45) is 0.319. The molecule has 5 heteroatoms. The molecule has 0 aromatic heterocycles. The van der Waals surface area contributed by atoms with E-state index < -0.39 is 24.0 Å². The van der Waals surface area contributed by atoms with Crippen LogP contribution in [0.3, 0.4) is 0 Å². The number of aliphatic hydroxyl groups excluding tert-OH is 1. The summed E-state index contributed by atoms with van der Waals surface area (Å²) in [5, 5.41) is 9.04. The van der Waals surface area contributed by atoms with E-state index in [1.54, 1.807) is 0 Å². The first kappa shape index (κ1) is 9.98. The SMILES string of the molecule is C[C@H](O)C(=O)N1CCC[C@H]1C(N)=O.